The molecule has 1 fully saturated rings. The first-order chi connectivity index (χ1) is 5.70. The maximum absolute atomic E-state index is 8.79. The van der Waals surface area contributed by atoms with Crippen LogP contribution in [0.4, 0.5) is 0 Å². The summed E-state index contributed by atoms with van der Waals surface area (Å²) in [6.45, 7) is 2.22. The van der Waals surface area contributed by atoms with E-state index >= 15 is 0 Å². The van der Waals surface area contributed by atoms with E-state index in [-0.39, 0.29) is 0 Å². The van der Waals surface area contributed by atoms with Gasteiger partial charge in [-0.2, -0.15) is 5.26 Å². The predicted molar refractivity (Wildman–Crippen MR) is 49.4 cm³/mol. The Morgan fingerprint density at radius 3 is 2.50 bits per heavy atom. The lowest BCUT2D eigenvalue weighted by molar-refractivity contribution is 0.268. The van der Waals surface area contributed by atoms with Crippen molar-refractivity contribution in [1.82, 2.24) is 0 Å². The topological polar surface area (TPSA) is 49.8 Å². The first-order valence-electron chi connectivity index (χ1n) is 4.90. The Morgan fingerprint density at radius 1 is 1.50 bits per heavy atom. The highest BCUT2D eigenvalue weighted by atomic mass is 14.7. The molecule has 0 unspecified atom stereocenters. The molecule has 12 heavy (non-hydrogen) atoms. The third-order valence-electron chi connectivity index (χ3n) is 2.92. The summed E-state index contributed by atoms with van der Waals surface area (Å²) in [5.41, 5.74) is 5.36. The van der Waals surface area contributed by atoms with Crippen molar-refractivity contribution in [2.75, 3.05) is 0 Å². The minimum Gasteiger partial charge on any atom is -0.313 e. The van der Waals surface area contributed by atoms with Crippen molar-refractivity contribution in [3.05, 3.63) is 0 Å². The van der Waals surface area contributed by atoms with Crippen LogP contribution in [0.25, 0.3) is 0 Å². The highest BCUT2D eigenvalue weighted by Crippen LogP contribution is 2.32. The van der Waals surface area contributed by atoms with Crippen LogP contribution in [0.3, 0.4) is 0 Å². The van der Waals surface area contributed by atoms with Crippen LogP contribution < -0.4 is 5.73 Å². The Hall–Kier alpha value is -0.550. The molecule has 1 aliphatic rings. The van der Waals surface area contributed by atoms with E-state index < -0.39 is 5.54 Å². The average molecular weight is 166 g/mol. The molecule has 1 aliphatic carbocycles. The second kappa shape index (κ2) is 3.91. The van der Waals surface area contributed by atoms with E-state index in [9.17, 15) is 0 Å². The van der Waals surface area contributed by atoms with Gasteiger partial charge >= 0.3 is 0 Å². The number of hydrogen-bond donors (Lipinski definition) is 1. The lowest BCUT2D eigenvalue weighted by Crippen LogP contribution is -2.41. The van der Waals surface area contributed by atoms with Crippen LogP contribution in [0.5, 0.6) is 0 Å². The van der Waals surface area contributed by atoms with Crippen LogP contribution in [-0.4, -0.2) is 5.54 Å². The van der Waals surface area contributed by atoms with Crippen molar-refractivity contribution in [3.63, 3.8) is 0 Å². The lowest BCUT2D eigenvalue weighted by Gasteiger charge is -2.31. The van der Waals surface area contributed by atoms with E-state index in [1.165, 1.54) is 12.8 Å². The molecule has 68 valence electrons. The molecule has 0 amide bonds. The molecule has 0 bridgehead atoms. The zero-order valence-corrected chi connectivity index (χ0v) is 7.84. The second-order valence-electron chi connectivity index (χ2n) is 4.00. The minimum absolute atomic E-state index is 0.496. The molecule has 1 rings (SSSR count). The smallest absolute Gasteiger partial charge is 0.104 e. The zero-order chi connectivity index (χ0) is 9.03. The van der Waals surface area contributed by atoms with Gasteiger partial charge in [0.05, 0.1) is 6.07 Å². The molecule has 0 saturated heterocycles. The van der Waals surface area contributed by atoms with Gasteiger partial charge in [0.25, 0.3) is 0 Å². The summed E-state index contributed by atoms with van der Waals surface area (Å²) in [6.07, 6.45) is 6.66. The van der Waals surface area contributed by atoms with E-state index in [1.807, 2.05) is 0 Å². The fraction of sp³-hybridized carbons (Fsp3) is 0.900. The maximum atomic E-state index is 8.79. The van der Waals surface area contributed by atoms with Gasteiger partial charge in [-0.1, -0.05) is 19.8 Å². The van der Waals surface area contributed by atoms with E-state index in [0.29, 0.717) is 0 Å². The number of rotatable bonds is 2. The summed E-state index contributed by atoms with van der Waals surface area (Å²) in [5.74, 6) is 0.833. The average Bonchev–Trinajstić information content (AvgIpc) is 2.10. The molecule has 0 aromatic heterocycles. The maximum Gasteiger partial charge on any atom is 0.104 e. The van der Waals surface area contributed by atoms with Gasteiger partial charge in [-0.25, -0.2) is 0 Å². The van der Waals surface area contributed by atoms with Crippen molar-refractivity contribution >= 4 is 0 Å². The van der Waals surface area contributed by atoms with Crippen LogP contribution in [0.15, 0.2) is 0 Å². The summed E-state index contributed by atoms with van der Waals surface area (Å²) in [7, 11) is 0. The molecule has 0 spiro atoms. The zero-order valence-electron chi connectivity index (χ0n) is 7.84. The largest absolute Gasteiger partial charge is 0.313 e. The molecular formula is C10H18N2. The van der Waals surface area contributed by atoms with Crippen molar-refractivity contribution in [2.45, 2.75) is 51.0 Å². The number of hydrogen-bond acceptors (Lipinski definition) is 2. The van der Waals surface area contributed by atoms with Gasteiger partial charge in [0, 0.05) is 0 Å². The monoisotopic (exact) mass is 166 g/mol. The van der Waals surface area contributed by atoms with Gasteiger partial charge in [0.2, 0.25) is 0 Å². The molecule has 0 aromatic rings. The van der Waals surface area contributed by atoms with Crippen molar-refractivity contribution < 1.29 is 0 Å². The minimum atomic E-state index is -0.496. The van der Waals surface area contributed by atoms with E-state index in [4.69, 9.17) is 11.0 Å². The molecule has 0 atom stereocenters. The van der Waals surface area contributed by atoms with Crippen molar-refractivity contribution in [2.24, 2.45) is 11.7 Å². The van der Waals surface area contributed by atoms with Gasteiger partial charge < -0.3 is 5.73 Å². The van der Waals surface area contributed by atoms with Crippen LogP contribution >= 0.6 is 0 Å². The quantitative estimate of drug-likeness (QED) is 0.683. The SMILES string of the molecule is CCCC1CCC(N)(C#N)CC1. The van der Waals surface area contributed by atoms with Crippen LogP contribution in [0.1, 0.15) is 45.4 Å². The Morgan fingerprint density at radius 2 is 2.08 bits per heavy atom. The predicted octanol–water partition coefficient (Wildman–Crippen LogP) is 2.20. The highest BCUT2D eigenvalue weighted by molar-refractivity contribution is 5.06. The lowest BCUT2D eigenvalue weighted by atomic mass is 9.76. The summed E-state index contributed by atoms with van der Waals surface area (Å²) >= 11 is 0. The molecule has 0 heterocycles. The van der Waals surface area contributed by atoms with Gasteiger partial charge in [-0.15, -0.1) is 0 Å². The number of nitrogens with two attached hydrogens (primary N) is 1. The Labute approximate surface area is 74.8 Å². The first kappa shape index (κ1) is 9.54. The molecule has 2 nitrogen and oxygen atoms in total. The van der Waals surface area contributed by atoms with Crippen LogP contribution in [0.2, 0.25) is 0 Å². The summed E-state index contributed by atoms with van der Waals surface area (Å²) in [6, 6.07) is 2.22. The molecule has 1 saturated carbocycles. The standard InChI is InChI=1S/C10H18N2/c1-2-3-9-4-6-10(12,8-11)7-5-9/h9H,2-7,12H2,1H3. The molecule has 0 aliphatic heterocycles. The van der Waals surface area contributed by atoms with Crippen molar-refractivity contribution in [1.29, 1.82) is 5.26 Å². The van der Waals surface area contributed by atoms with Gasteiger partial charge in [-0.05, 0) is 31.6 Å². The molecule has 0 radical (unpaired) electrons. The second-order valence-corrected chi connectivity index (χ2v) is 4.00. The Balaban J connectivity index is 2.35. The summed E-state index contributed by atoms with van der Waals surface area (Å²) in [5, 5.41) is 8.79. The molecule has 2 heteroatoms. The third kappa shape index (κ3) is 2.22. The van der Waals surface area contributed by atoms with Gasteiger partial charge in [0.15, 0.2) is 0 Å². The molecule has 2 N–H and O–H groups in total. The van der Waals surface area contributed by atoms with Crippen molar-refractivity contribution in [3.8, 4) is 6.07 Å². The van der Waals surface area contributed by atoms with E-state index in [0.717, 1.165) is 31.6 Å². The molecule has 0 aromatic carbocycles. The number of nitriles is 1. The fourth-order valence-electron chi connectivity index (χ4n) is 2.00. The van der Waals surface area contributed by atoms with Gasteiger partial charge in [0.1, 0.15) is 5.54 Å². The first-order valence-corrected chi connectivity index (χ1v) is 4.90. The Bertz CT molecular complexity index is 173. The fourth-order valence-corrected chi connectivity index (χ4v) is 2.00. The van der Waals surface area contributed by atoms with Crippen LogP contribution in [-0.2, 0) is 0 Å². The number of nitrogens with zero attached hydrogens (tertiary/aromatic N) is 1. The summed E-state index contributed by atoms with van der Waals surface area (Å²) < 4.78 is 0. The third-order valence-corrected chi connectivity index (χ3v) is 2.92. The Kier molecular flexibility index (Phi) is 3.11. The molecular weight excluding hydrogens is 148 g/mol. The summed E-state index contributed by atoms with van der Waals surface area (Å²) in [4.78, 5) is 0. The normalized spacial score (nSPS) is 35.9. The van der Waals surface area contributed by atoms with Gasteiger partial charge in [-0.3, -0.25) is 0 Å². The van der Waals surface area contributed by atoms with E-state index in [1.54, 1.807) is 0 Å². The highest BCUT2D eigenvalue weighted by Gasteiger charge is 2.30. The van der Waals surface area contributed by atoms with Crippen LogP contribution in [0, 0.1) is 17.2 Å². The van der Waals surface area contributed by atoms with E-state index in [2.05, 4.69) is 13.0 Å².